The first-order chi connectivity index (χ1) is 10.3. The summed E-state index contributed by atoms with van der Waals surface area (Å²) < 4.78 is 12.1. The Labute approximate surface area is 129 Å². The van der Waals surface area contributed by atoms with Crippen molar-refractivity contribution in [3.05, 3.63) is 30.3 Å². The van der Waals surface area contributed by atoms with E-state index in [1.165, 1.54) is 25.7 Å². The topological polar surface area (TPSA) is 53.5 Å². The van der Waals surface area contributed by atoms with Gasteiger partial charge >= 0.3 is 0 Å². The van der Waals surface area contributed by atoms with Crippen molar-refractivity contribution in [2.45, 2.75) is 43.5 Å². The molecule has 1 unspecified atom stereocenters. The minimum atomic E-state index is -0.970. The lowest BCUT2D eigenvalue weighted by Gasteiger charge is -2.16. The van der Waals surface area contributed by atoms with E-state index < -0.39 is 10.8 Å². The van der Waals surface area contributed by atoms with E-state index in [-0.39, 0.29) is 0 Å². The zero-order chi connectivity index (χ0) is 14.9. The Kier molecular flexibility index (Phi) is 6.73. The Morgan fingerprint density at radius 3 is 2.67 bits per heavy atom. The van der Waals surface area contributed by atoms with Crippen LogP contribution in [0, 0.1) is 0 Å². The van der Waals surface area contributed by atoms with E-state index in [0.29, 0.717) is 18.3 Å². The molecule has 1 saturated carbocycles. The Morgan fingerprint density at radius 1 is 1.29 bits per heavy atom. The summed E-state index contributed by atoms with van der Waals surface area (Å²) in [6.07, 6.45) is 5.05. The minimum absolute atomic E-state index is 0.544. The molecule has 1 fully saturated rings. The number of hydrogen-bond acceptors (Lipinski definition) is 2. The Hall–Kier alpha value is -1.36. The fourth-order valence-electron chi connectivity index (χ4n) is 2.51. The van der Waals surface area contributed by atoms with Crippen molar-refractivity contribution in [3.8, 4) is 0 Å². The van der Waals surface area contributed by atoms with E-state index in [9.17, 15) is 4.21 Å². The maximum absolute atomic E-state index is 12.1. The largest absolute Gasteiger partial charge is 0.357 e. The van der Waals surface area contributed by atoms with Gasteiger partial charge in [-0.05, 0) is 31.9 Å². The van der Waals surface area contributed by atoms with Crippen LogP contribution in [-0.4, -0.2) is 35.1 Å². The van der Waals surface area contributed by atoms with Crippen LogP contribution in [0.4, 0.5) is 0 Å². The molecule has 4 nitrogen and oxygen atoms in total. The molecule has 5 heteroatoms. The van der Waals surface area contributed by atoms with E-state index in [1.807, 2.05) is 30.3 Å². The summed E-state index contributed by atoms with van der Waals surface area (Å²) >= 11 is 0. The molecule has 0 bridgehead atoms. The van der Waals surface area contributed by atoms with E-state index in [1.54, 1.807) is 0 Å². The van der Waals surface area contributed by atoms with Crippen molar-refractivity contribution in [2.24, 2.45) is 4.99 Å². The van der Waals surface area contributed by atoms with Gasteiger partial charge in [-0.2, -0.15) is 0 Å². The summed E-state index contributed by atoms with van der Waals surface area (Å²) in [6.45, 7) is 3.48. The zero-order valence-corrected chi connectivity index (χ0v) is 13.5. The minimum Gasteiger partial charge on any atom is -0.357 e. The van der Waals surface area contributed by atoms with Crippen LogP contribution in [0.15, 0.2) is 40.2 Å². The first-order valence-corrected chi connectivity index (χ1v) is 9.09. The van der Waals surface area contributed by atoms with Crippen molar-refractivity contribution in [3.63, 3.8) is 0 Å². The van der Waals surface area contributed by atoms with Gasteiger partial charge in [-0.3, -0.25) is 9.20 Å². The third-order valence-corrected chi connectivity index (χ3v) is 4.94. The highest BCUT2D eigenvalue weighted by molar-refractivity contribution is 7.85. The van der Waals surface area contributed by atoms with E-state index in [2.05, 4.69) is 22.5 Å². The summed E-state index contributed by atoms with van der Waals surface area (Å²) in [5.41, 5.74) is 0. The number of nitrogens with one attached hydrogen (secondary N) is 2. The quantitative estimate of drug-likeness (QED) is 0.626. The van der Waals surface area contributed by atoms with Crippen LogP contribution in [-0.2, 0) is 10.8 Å². The molecule has 0 amide bonds. The summed E-state index contributed by atoms with van der Waals surface area (Å²) in [7, 11) is -0.970. The summed E-state index contributed by atoms with van der Waals surface area (Å²) in [5.74, 6) is 1.42. The number of aliphatic imine (C=N–C) groups is 1. The first-order valence-electron chi connectivity index (χ1n) is 7.78. The van der Waals surface area contributed by atoms with Crippen LogP contribution < -0.4 is 10.6 Å². The molecular formula is C16H25N3OS. The molecule has 1 aliphatic carbocycles. The van der Waals surface area contributed by atoms with Crippen molar-refractivity contribution in [1.29, 1.82) is 0 Å². The molecule has 116 valence electrons. The number of rotatable bonds is 6. The highest BCUT2D eigenvalue weighted by atomic mass is 32.2. The van der Waals surface area contributed by atoms with E-state index in [4.69, 9.17) is 0 Å². The smallest absolute Gasteiger partial charge is 0.191 e. The third kappa shape index (κ3) is 5.50. The summed E-state index contributed by atoms with van der Waals surface area (Å²) in [5, 5.41) is 6.73. The normalized spacial score (nSPS) is 17.7. The molecule has 2 rings (SSSR count). The number of benzene rings is 1. The highest BCUT2D eigenvalue weighted by Crippen LogP contribution is 2.17. The molecule has 0 aliphatic heterocycles. The van der Waals surface area contributed by atoms with Gasteiger partial charge in [-0.25, -0.2) is 0 Å². The van der Waals surface area contributed by atoms with Crippen molar-refractivity contribution >= 4 is 16.8 Å². The predicted octanol–water partition coefficient (Wildman–Crippen LogP) is 2.29. The second-order valence-electron chi connectivity index (χ2n) is 5.25. The lowest BCUT2D eigenvalue weighted by Crippen LogP contribution is -2.42. The van der Waals surface area contributed by atoms with Crippen LogP contribution >= 0.6 is 0 Å². The molecule has 0 radical (unpaired) electrons. The molecule has 1 aliphatic rings. The SMILES string of the molecule is CCNC(=NCCS(=O)c1ccccc1)NC1CCCC1. The van der Waals surface area contributed by atoms with Crippen LogP contribution in [0.1, 0.15) is 32.6 Å². The fourth-order valence-corrected chi connectivity index (χ4v) is 3.47. The average Bonchev–Trinajstić information content (AvgIpc) is 3.01. The lowest BCUT2D eigenvalue weighted by molar-refractivity contribution is 0.614. The Bertz CT molecular complexity index is 470. The predicted molar refractivity (Wildman–Crippen MR) is 89.1 cm³/mol. The van der Waals surface area contributed by atoms with Gasteiger partial charge in [0.25, 0.3) is 0 Å². The van der Waals surface area contributed by atoms with Crippen LogP contribution in [0.2, 0.25) is 0 Å². The molecule has 0 saturated heterocycles. The second kappa shape index (κ2) is 8.82. The van der Waals surface area contributed by atoms with Crippen LogP contribution in [0.3, 0.4) is 0 Å². The Morgan fingerprint density at radius 2 is 2.00 bits per heavy atom. The molecule has 2 N–H and O–H groups in total. The number of guanidine groups is 1. The van der Waals surface area contributed by atoms with Crippen molar-refractivity contribution in [1.82, 2.24) is 10.6 Å². The summed E-state index contributed by atoms with van der Waals surface area (Å²) in [4.78, 5) is 5.42. The number of hydrogen-bond donors (Lipinski definition) is 2. The zero-order valence-electron chi connectivity index (χ0n) is 12.7. The molecule has 1 aromatic carbocycles. The maximum Gasteiger partial charge on any atom is 0.191 e. The molecule has 0 spiro atoms. The van der Waals surface area contributed by atoms with Crippen molar-refractivity contribution in [2.75, 3.05) is 18.8 Å². The Balaban J connectivity index is 1.82. The first kappa shape index (κ1) is 16.0. The molecule has 1 atom stereocenters. The van der Waals surface area contributed by atoms with Crippen LogP contribution in [0.25, 0.3) is 0 Å². The third-order valence-electron chi connectivity index (χ3n) is 3.59. The van der Waals surface area contributed by atoms with E-state index in [0.717, 1.165) is 17.4 Å². The van der Waals surface area contributed by atoms with Gasteiger partial charge in [0.2, 0.25) is 0 Å². The fraction of sp³-hybridized carbons (Fsp3) is 0.562. The van der Waals surface area contributed by atoms with Gasteiger partial charge in [0.15, 0.2) is 5.96 Å². The van der Waals surface area contributed by atoms with Gasteiger partial charge in [0, 0.05) is 23.2 Å². The van der Waals surface area contributed by atoms with E-state index >= 15 is 0 Å². The molecule has 1 aromatic rings. The maximum atomic E-state index is 12.1. The molecular weight excluding hydrogens is 282 g/mol. The standard InChI is InChI=1S/C16H25N3OS/c1-2-17-16(19-14-8-6-7-9-14)18-12-13-21(20)15-10-4-3-5-11-15/h3-5,10-11,14H,2,6-9,12-13H2,1H3,(H2,17,18,19). The monoisotopic (exact) mass is 307 g/mol. The second-order valence-corrected chi connectivity index (χ2v) is 6.82. The van der Waals surface area contributed by atoms with Gasteiger partial charge < -0.3 is 10.6 Å². The van der Waals surface area contributed by atoms with Gasteiger partial charge in [0.1, 0.15) is 0 Å². The van der Waals surface area contributed by atoms with Crippen LogP contribution in [0.5, 0.6) is 0 Å². The van der Waals surface area contributed by atoms with Gasteiger partial charge in [0.05, 0.1) is 17.3 Å². The van der Waals surface area contributed by atoms with Gasteiger partial charge in [-0.15, -0.1) is 0 Å². The van der Waals surface area contributed by atoms with Gasteiger partial charge in [-0.1, -0.05) is 31.0 Å². The number of nitrogens with zero attached hydrogens (tertiary/aromatic N) is 1. The molecule has 0 aromatic heterocycles. The highest BCUT2D eigenvalue weighted by Gasteiger charge is 2.15. The average molecular weight is 307 g/mol. The molecule has 21 heavy (non-hydrogen) atoms. The lowest BCUT2D eigenvalue weighted by atomic mass is 10.2. The van der Waals surface area contributed by atoms with Crippen molar-refractivity contribution < 1.29 is 4.21 Å². The summed E-state index contributed by atoms with van der Waals surface area (Å²) in [6, 6.07) is 10.1. The molecule has 0 heterocycles.